The van der Waals surface area contributed by atoms with Crippen LogP contribution in [0.1, 0.15) is 41.3 Å². The molecule has 28 heavy (non-hydrogen) atoms. The molecule has 3 aromatic rings. The van der Waals surface area contributed by atoms with Gasteiger partial charge in [0.05, 0.1) is 16.8 Å². The molecule has 1 heterocycles. The molecule has 1 aromatic heterocycles. The maximum Gasteiger partial charge on any atom is 0.416 e. The summed E-state index contributed by atoms with van der Waals surface area (Å²) in [6, 6.07) is 8.79. The first-order chi connectivity index (χ1) is 13.2. The maximum atomic E-state index is 13.6. The number of carbonyl (C=O) groups is 1. The van der Waals surface area contributed by atoms with Crippen molar-refractivity contribution in [2.45, 2.75) is 32.4 Å². The number of fused-ring (bicyclic) bond motifs is 1. The standard InChI is InChI=1S/C20H19F3N4O/c1-2-4-14(24)9-12-7-8-15(10-17(12)20(21,22)23)27-11-13-5-3-6-16(19(25)28)18(13)26-27/h3,5-8,10-11,24H,2,4,9H2,1H3,(H2,25,28). The average molecular weight is 388 g/mol. The number of aromatic nitrogens is 2. The van der Waals surface area contributed by atoms with E-state index in [0.29, 0.717) is 23.7 Å². The second-order valence-electron chi connectivity index (χ2n) is 6.55. The van der Waals surface area contributed by atoms with Crippen LogP contribution < -0.4 is 5.73 Å². The molecule has 0 unspecified atom stereocenters. The average Bonchev–Trinajstić information content (AvgIpc) is 3.05. The number of amides is 1. The molecule has 3 rings (SSSR count). The van der Waals surface area contributed by atoms with E-state index in [-0.39, 0.29) is 28.9 Å². The van der Waals surface area contributed by atoms with Gasteiger partial charge in [-0.1, -0.05) is 31.5 Å². The van der Waals surface area contributed by atoms with Crippen molar-refractivity contribution in [2.75, 3.05) is 0 Å². The number of benzene rings is 2. The molecular weight excluding hydrogens is 369 g/mol. The van der Waals surface area contributed by atoms with Gasteiger partial charge < -0.3 is 11.1 Å². The van der Waals surface area contributed by atoms with Crippen LogP contribution in [-0.2, 0) is 12.6 Å². The molecule has 0 aliphatic heterocycles. The van der Waals surface area contributed by atoms with Crippen molar-refractivity contribution in [1.82, 2.24) is 9.78 Å². The predicted molar refractivity (Wildman–Crippen MR) is 101 cm³/mol. The van der Waals surface area contributed by atoms with E-state index in [1.807, 2.05) is 6.92 Å². The Labute approximate surface area is 159 Å². The Bertz CT molecular complexity index is 1050. The molecule has 5 nitrogen and oxygen atoms in total. The number of rotatable bonds is 6. The van der Waals surface area contributed by atoms with Crippen molar-refractivity contribution < 1.29 is 18.0 Å². The van der Waals surface area contributed by atoms with Gasteiger partial charge in [-0.15, -0.1) is 0 Å². The van der Waals surface area contributed by atoms with Gasteiger partial charge in [0, 0.05) is 23.7 Å². The smallest absolute Gasteiger partial charge is 0.366 e. The van der Waals surface area contributed by atoms with Crippen LogP contribution in [0.3, 0.4) is 0 Å². The van der Waals surface area contributed by atoms with Crippen LogP contribution in [-0.4, -0.2) is 21.4 Å². The van der Waals surface area contributed by atoms with Gasteiger partial charge in [0.15, 0.2) is 0 Å². The van der Waals surface area contributed by atoms with Crippen molar-refractivity contribution in [1.29, 1.82) is 5.41 Å². The lowest BCUT2D eigenvalue weighted by atomic mass is 9.99. The molecule has 0 saturated carbocycles. The molecule has 0 atom stereocenters. The highest BCUT2D eigenvalue weighted by Gasteiger charge is 2.34. The van der Waals surface area contributed by atoms with E-state index < -0.39 is 17.6 Å². The molecule has 0 fully saturated rings. The Balaban J connectivity index is 2.08. The van der Waals surface area contributed by atoms with Gasteiger partial charge in [0.25, 0.3) is 5.91 Å². The fraction of sp³-hybridized carbons (Fsp3) is 0.250. The summed E-state index contributed by atoms with van der Waals surface area (Å²) in [7, 11) is 0. The number of hydrogen-bond donors (Lipinski definition) is 2. The monoisotopic (exact) mass is 388 g/mol. The summed E-state index contributed by atoms with van der Waals surface area (Å²) in [4.78, 5) is 11.6. The van der Waals surface area contributed by atoms with E-state index in [0.717, 1.165) is 6.07 Å². The highest BCUT2D eigenvalue weighted by atomic mass is 19.4. The predicted octanol–water partition coefficient (Wildman–Crippen LogP) is 4.51. The largest absolute Gasteiger partial charge is 0.416 e. The lowest BCUT2D eigenvalue weighted by molar-refractivity contribution is -0.138. The minimum Gasteiger partial charge on any atom is -0.366 e. The summed E-state index contributed by atoms with van der Waals surface area (Å²) in [5.41, 5.74) is 5.62. The van der Waals surface area contributed by atoms with Crippen LogP contribution in [0.4, 0.5) is 13.2 Å². The highest BCUT2D eigenvalue weighted by molar-refractivity contribution is 6.04. The zero-order valence-electron chi connectivity index (χ0n) is 15.2. The summed E-state index contributed by atoms with van der Waals surface area (Å²) in [6.07, 6.45) is -1.88. The summed E-state index contributed by atoms with van der Waals surface area (Å²) in [5.74, 6) is -0.656. The summed E-state index contributed by atoms with van der Waals surface area (Å²) in [6.45, 7) is 1.88. The summed E-state index contributed by atoms with van der Waals surface area (Å²) in [5, 5.41) is 12.7. The molecule has 3 N–H and O–H groups in total. The molecular formula is C20H19F3N4O. The first-order valence-corrected chi connectivity index (χ1v) is 8.75. The van der Waals surface area contributed by atoms with Gasteiger partial charge in [0.2, 0.25) is 0 Å². The lowest BCUT2D eigenvalue weighted by Gasteiger charge is -2.15. The highest BCUT2D eigenvalue weighted by Crippen LogP contribution is 2.34. The zero-order valence-corrected chi connectivity index (χ0v) is 15.2. The number of nitrogens with zero attached hydrogens (tertiary/aromatic N) is 2. The van der Waals surface area contributed by atoms with Crippen molar-refractivity contribution >= 4 is 22.5 Å². The third-order valence-electron chi connectivity index (χ3n) is 4.42. The summed E-state index contributed by atoms with van der Waals surface area (Å²) >= 11 is 0. The van der Waals surface area contributed by atoms with Crippen LogP contribution in [0.25, 0.3) is 16.6 Å². The van der Waals surface area contributed by atoms with E-state index in [4.69, 9.17) is 11.1 Å². The van der Waals surface area contributed by atoms with Gasteiger partial charge in [-0.2, -0.15) is 18.3 Å². The molecule has 8 heteroatoms. The second kappa shape index (κ2) is 7.46. The SMILES string of the molecule is CCCC(=N)Cc1ccc(-n2cc3cccc(C(N)=O)c3n2)cc1C(F)(F)F. The van der Waals surface area contributed by atoms with Crippen molar-refractivity contribution in [2.24, 2.45) is 5.73 Å². The number of carbonyl (C=O) groups excluding carboxylic acids is 1. The lowest BCUT2D eigenvalue weighted by Crippen LogP contribution is -2.13. The second-order valence-corrected chi connectivity index (χ2v) is 6.55. The minimum atomic E-state index is -4.55. The maximum absolute atomic E-state index is 13.6. The fourth-order valence-electron chi connectivity index (χ4n) is 3.12. The van der Waals surface area contributed by atoms with E-state index >= 15 is 0 Å². The van der Waals surface area contributed by atoms with E-state index in [1.165, 1.54) is 22.9 Å². The van der Waals surface area contributed by atoms with Crippen LogP contribution in [0.15, 0.2) is 42.6 Å². The normalized spacial score (nSPS) is 11.7. The first kappa shape index (κ1) is 19.6. The molecule has 0 aliphatic carbocycles. The van der Waals surface area contributed by atoms with Gasteiger partial charge >= 0.3 is 6.18 Å². The van der Waals surface area contributed by atoms with Gasteiger partial charge in [0.1, 0.15) is 5.52 Å². The van der Waals surface area contributed by atoms with Crippen LogP contribution >= 0.6 is 0 Å². The van der Waals surface area contributed by atoms with Crippen molar-refractivity contribution in [3.63, 3.8) is 0 Å². The number of alkyl halides is 3. The third kappa shape index (κ3) is 3.90. The minimum absolute atomic E-state index is 0.0458. The first-order valence-electron chi connectivity index (χ1n) is 8.75. The molecule has 0 aliphatic rings. The zero-order chi connectivity index (χ0) is 20.5. The Kier molecular flexibility index (Phi) is 5.22. The van der Waals surface area contributed by atoms with Gasteiger partial charge in [-0.05, 0) is 30.2 Å². The van der Waals surface area contributed by atoms with Crippen LogP contribution in [0.5, 0.6) is 0 Å². The Hall–Kier alpha value is -3.16. The quantitative estimate of drug-likeness (QED) is 0.609. The molecule has 2 aromatic carbocycles. The molecule has 146 valence electrons. The summed E-state index contributed by atoms with van der Waals surface area (Å²) < 4.78 is 42.1. The van der Waals surface area contributed by atoms with Crippen LogP contribution in [0, 0.1) is 5.41 Å². The third-order valence-corrected chi connectivity index (χ3v) is 4.42. The van der Waals surface area contributed by atoms with E-state index in [1.54, 1.807) is 18.3 Å². The molecule has 0 radical (unpaired) electrons. The van der Waals surface area contributed by atoms with Crippen molar-refractivity contribution in [3.05, 3.63) is 59.3 Å². The molecule has 0 saturated heterocycles. The van der Waals surface area contributed by atoms with Crippen LogP contribution in [0.2, 0.25) is 0 Å². The Morgan fingerprint density at radius 1 is 1.25 bits per heavy atom. The number of halogens is 3. The number of hydrogen-bond acceptors (Lipinski definition) is 3. The Morgan fingerprint density at radius 3 is 2.64 bits per heavy atom. The molecule has 0 bridgehead atoms. The molecule has 1 amide bonds. The Morgan fingerprint density at radius 2 is 2.00 bits per heavy atom. The topological polar surface area (TPSA) is 84.8 Å². The van der Waals surface area contributed by atoms with Crippen molar-refractivity contribution in [3.8, 4) is 5.69 Å². The number of nitrogens with two attached hydrogens (primary N) is 1. The molecule has 0 spiro atoms. The van der Waals surface area contributed by atoms with Gasteiger partial charge in [-0.25, -0.2) is 4.68 Å². The van der Waals surface area contributed by atoms with E-state index in [2.05, 4.69) is 5.10 Å². The van der Waals surface area contributed by atoms with E-state index in [9.17, 15) is 18.0 Å². The fourth-order valence-corrected chi connectivity index (χ4v) is 3.12. The number of primary amides is 1. The number of nitrogens with one attached hydrogen (secondary N) is 1. The van der Waals surface area contributed by atoms with Gasteiger partial charge in [-0.3, -0.25) is 4.79 Å².